The van der Waals surface area contributed by atoms with Gasteiger partial charge in [-0.05, 0) is 13.0 Å². The third-order valence-corrected chi connectivity index (χ3v) is 3.14. The lowest BCUT2D eigenvalue weighted by atomic mass is 10.1. The first-order chi connectivity index (χ1) is 9.17. The van der Waals surface area contributed by atoms with Crippen LogP contribution in [0.5, 0.6) is 0 Å². The van der Waals surface area contributed by atoms with Crippen molar-refractivity contribution in [1.29, 1.82) is 0 Å². The molecule has 0 aromatic carbocycles. The van der Waals surface area contributed by atoms with Crippen molar-refractivity contribution in [1.82, 2.24) is 30.1 Å². The first-order valence-corrected chi connectivity index (χ1v) is 6.66. The minimum atomic E-state index is -0.128. The fourth-order valence-corrected chi connectivity index (χ4v) is 2.20. The Hall–Kier alpha value is -1.76. The molecule has 0 aliphatic rings. The predicted octanol–water partition coefficient (Wildman–Crippen LogP) is 0.303. The largest absolute Gasteiger partial charge is 0.312 e. The van der Waals surface area contributed by atoms with Gasteiger partial charge in [-0.2, -0.15) is 5.10 Å². The van der Waals surface area contributed by atoms with Crippen LogP contribution in [0.1, 0.15) is 26.7 Å². The van der Waals surface area contributed by atoms with Crippen molar-refractivity contribution in [3.05, 3.63) is 16.6 Å². The van der Waals surface area contributed by atoms with Crippen molar-refractivity contribution >= 4 is 11.0 Å². The molecule has 104 valence electrons. The van der Waals surface area contributed by atoms with Gasteiger partial charge in [0.2, 0.25) is 0 Å². The molecule has 0 aliphatic heterocycles. The average molecular weight is 264 g/mol. The van der Waals surface area contributed by atoms with E-state index in [1.165, 1.54) is 4.68 Å². The zero-order chi connectivity index (χ0) is 13.8. The van der Waals surface area contributed by atoms with E-state index in [1.807, 2.05) is 0 Å². The molecule has 2 heterocycles. The molecular weight excluding hydrogens is 244 g/mol. The molecule has 0 radical (unpaired) electrons. The second kappa shape index (κ2) is 5.92. The summed E-state index contributed by atoms with van der Waals surface area (Å²) in [7, 11) is 1.75. The zero-order valence-electron chi connectivity index (χ0n) is 11.6. The Morgan fingerprint density at radius 1 is 1.42 bits per heavy atom. The number of hydrogen-bond acceptors (Lipinski definition) is 5. The topological polar surface area (TPSA) is 77.6 Å². The summed E-state index contributed by atoms with van der Waals surface area (Å²) in [5.41, 5.74) is 0.397. The van der Waals surface area contributed by atoms with Crippen LogP contribution in [0.15, 0.2) is 11.0 Å². The second-order valence-electron chi connectivity index (χ2n) is 4.63. The molecule has 0 aliphatic carbocycles. The highest BCUT2D eigenvalue weighted by Crippen LogP contribution is 2.03. The molecule has 0 saturated heterocycles. The maximum absolute atomic E-state index is 12.3. The first kappa shape index (κ1) is 13.7. The maximum Gasteiger partial charge on any atom is 0.280 e. The van der Waals surface area contributed by atoms with E-state index < -0.39 is 0 Å². The fraction of sp³-hybridized carbons (Fsp3) is 0.667. The Morgan fingerprint density at radius 2 is 2.21 bits per heavy atom. The number of rotatable bonds is 6. The molecule has 0 fully saturated rings. The van der Waals surface area contributed by atoms with Gasteiger partial charge in [-0.1, -0.05) is 25.5 Å². The molecule has 0 bridgehead atoms. The Balaban J connectivity index is 2.29. The fourth-order valence-electron chi connectivity index (χ4n) is 2.20. The third-order valence-electron chi connectivity index (χ3n) is 3.14. The Kier molecular flexibility index (Phi) is 4.26. The van der Waals surface area contributed by atoms with E-state index in [0.717, 1.165) is 19.4 Å². The molecule has 0 spiro atoms. The summed E-state index contributed by atoms with van der Waals surface area (Å²) in [5, 5.41) is 16.0. The van der Waals surface area contributed by atoms with Crippen LogP contribution in [0.25, 0.3) is 11.0 Å². The lowest BCUT2D eigenvalue weighted by molar-refractivity contribution is 0.391. The van der Waals surface area contributed by atoms with Crippen molar-refractivity contribution in [3.63, 3.8) is 0 Å². The molecule has 1 atom stereocenters. The normalized spacial score (nSPS) is 13.0. The monoisotopic (exact) mass is 264 g/mol. The Bertz CT molecular complexity index is 596. The van der Waals surface area contributed by atoms with Crippen LogP contribution < -0.4 is 10.9 Å². The van der Waals surface area contributed by atoms with Crippen LogP contribution in [-0.4, -0.2) is 37.4 Å². The molecule has 19 heavy (non-hydrogen) atoms. The van der Waals surface area contributed by atoms with Crippen molar-refractivity contribution in [2.45, 2.75) is 39.3 Å². The summed E-state index contributed by atoms with van der Waals surface area (Å²) in [6.07, 6.45) is 3.62. The molecule has 1 N–H and O–H groups in total. The van der Waals surface area contributed by atoms with E-state index in [4.69, 9.17) is 0 Å². The number of hydrogen-bond donors (Lipinski definition) is 1. The van der Waals surface area contributed by atoms with Crippen LogP contribution >= 0.6 is 0 Å². The van der Waals surface area contributed by atoms with Gasteiger partial charge in [-0.25, -0.2) is 9.36 Å². The molecule has 2 aromatic heterocycles. The molecule has 7 nitrogen and oxygen atoms in total. The van der Waals surface area contributed by atoms with E-state index in [0.29, 0.717) is 17.6 Å². The SMILES string of the molecule is CCCC(Cn1nnc2c(cnn2C)c1=O)NCC. The van der Waals surface area contributed by atoms with E-state index in [-0.39, 0.29) is 11.6 Å². The number of aryl methyl sites for hydroxylation is 1. The van der Waals surface area contributed by atoms with Gasteiger partial charge in [0.1, 0.15) is 5.39 Å². The average Bonchev–Trinajstić information content (AvgIpc) is 2.76. The number of nitrogens with zero attached hydrogens (tertiary/aromatic N) is 5. The van der Waals surface area contributed by atoms with Gasteiger partial charge in [-0.3, -0.25) is 4.79 Å². The molecule has 7 heteroatoms. The van der Waals surface area contributed by atoms with Crippen LogP contribution in [0, 0.1) is 0 Å². The van der Waals surface area contributed by atoms with Crippen LogP contribution in [0.3, 0.4) is 0 Å². The number of fused-ring (bicyclic) bond motifs is 1. The van der Waals surface area contributed by atoms with Gasteiger partial charge in [0.15, 0.2) is 5.65 Å². The summed E-state index contributed by atoms with van der Waals surface area (Å²) in [6.45, 7) is 5.60. The van der Waals surface area contributed by atoms with Crippen molar-refractivity contribution in [2.24, 2.45) is 7.05 Å². The first-order valence-electron chi connectivity index (χ1n) is 6.66. The Morgan fingerprint density at radius 3 is 2.89 bits per heavy atom. The molecule has 1 unspecified atom stereocenters. The van der Waals surface area contributed by atoms with Crippen LogP contribution in [0.4, 0.5) is 0 Å². The maximum atomic E-state index is 12.3. The van der Waals surface area contributed by atoms with Gasteiger partial charge in [0.25, 0.3) is 5.56 Å². The van der Waals surface area contributed by atoms with E-state index in [1.54, 1.807) is 17.9 Å². The van der Waals surface area contributed by atoms with Crippen molar-refractivity contribution in [2.75, 3.05) is 6.54 Å². The molecule has 0 amide bonds. The summed E-state index contributed by atoms with van der Waals surface area (Å²) in [5.74, 6) is 0. The number of aromatic nitrogens is 5. The second-order valence-corrected chi connectivity index (χ2v) is 4.63. The summed E-state index contributed by atoms with van der Waals surface area (Å²) < 4.78 is 2.98. The van der Waals surface area contributed by atoms with Crippen LogP contribution in [0.2, 0.25) is 0 Å². The predicted molar refractivity (Wildman–Crippen MR) is 72.9 cm³/mol. The van der Waals surface area contributed by atoms with Gasteiger partial charge >= 0.3 is 0 Å². The van der Waals surface area contributed by atoms with Crippen molar-refractivity contribution in [3.8, 4) is 0 Å². The molecule has 2 aromatic rings. The molecule has 2 rings (SSSR count). The molecular formula is C12H20N6O. The Labute approximate surface area is 111 Å². The highest BCUT2D eigenvalue weighted by atomic mass is 16.1. The highest BCUT2D eigenvalue weighted by Gasteiger charge is 2.13. The minimum Gasteiger partial charge on any atom is -0.312 e. The van der Waals surface area contributed by atoms with Gasteiger partial charge in [0.05, 0.1) is 12.7 Å². The highest BCUT2D eigenvalue weighted by molar-refractivity contribution is 5.72. The number of likely N-dealkylation sites (N-methyl/N-ethyl adjacent to an activating group) is 1. The summed E-state index contributed by atoms with van der Waals surface area (Å²) in [6, 6.07) is 0.246. The lowest BCUT2D eigenvalue weighted by Crippen LogP contribution is -2.37. The smallest absolute Gasteiger partial charge is 0.280 e. The standard InChI is InChI=1S/C12H20N6O/c1-4-6-9(13-5-2)8-18-12(19)10-7-14-17(3)11(10)15-16-18/h7,9,13H,4-6,8H2,1-3H3. The summed E-state index contributed by atoms with van der Waals surface area (Å²) in [4.78, 5) is 12.3. The molecule has 0 saturated carbocycles. The quantitative estimate of drug-likeness (QED) is 0.812. The lowest BCUT2D eigenvalue weighted by Gasteiger charge is -2.16. The van der Waals surface area contributed by atoms with Crippen LogP contribution in [-0.2, 0) is 13.6 Å². The van der Waals surface area contributed by atoms with Gasteiger partial charge < -0.3 is 5.32 Å². The van der Waals surface area contributed by atoms with E-state index in [2.05, 4.69) is 34.6 Å². The van der Waals surface area contributed by atoms with E-state index in [9.17, 15) is 4.79 Å². The van der Waals surface area contributed by atoms with Gasteiger partial charge in [-0.15, -0.1) is 5.10 Å². The van der Waals surface area contributed by atoms with Gasteiger partial charge in [0, 0.05) is 13.1 Å². The number of nitrogens with one attached hydrogen (secondary N) is 1. The minimum absolute atomic E-state index is 0.128. The summed E-state index contributed by atoms with van der Waals surface area (Å²) >= 11 is 0. The third kappa shape index (κ3) is 2.81. The zero-order valence-corrected chi connectivity index (χ0v) is 11.6. The van der Waals surface area contributed by atoms with E-state index >= 15 is 0 Å². The van der Waals surface area contributed by atoms with Crippen molar-refractivity contribution < 1.29 is 0 Å².